The molecule has 3 N–H and O–H groups in total. The Morgan fingerprint density at radius 2 is 2.06 bits per heavy atom. The van der Waals surface area contributed by atoms with Gasteiger partial charge in [0.25, 0.3) is 0 Å². The molecule has 0 aromatic carbocycles. The van der Waals surface area contributed by atoms with Crippen molar-refractivity contribution in [1.82, 2.24) is 9.80 Å². The Bertz CT molecular complexity index is 286. The molecule has 5 nitrogen and oxygen atoms in total. The molecule has 1 aliphatic rings. The molecule has 2 unspecified atom stereocenters. The molecular formula is C13H27N3O2. The summed E-state index contributed by atoms with van der Waals surface area (Å²) in [6.45, 7) is 5.88. The summed E-state index contributed by atoms with van der Waals surface area (Å²) in [4.78, 5) is 15.7. The van der Waals surface area contributed by atoms with Crippen LogP contribution in [0.15, 0.2) is 0 Å². The first-order valence-electron chi connectivity index (χ1n) is 6.67. The smallest absolute Gasteiger partial charge is 0.323 e. The van der Waals surface area contributed by atoms with Gasteiger partial charge in [-0.2, -0.15) is 0 Å². The first-order chi connectivity index (χ1) is 8.24. The largest absolute Gasteiger partial charge is 0.480 e. The Balaban J connectivity index is 2.51. The number of carbonyl (C=O) groups is 1. The fourth-order valence-electron chi connectivity index (χ4n) is 2.61. The van der Waals surface area contributed by atoms with Crippen LogP contribution in [0.3, 0.4) is 0 Å². The number of carboxylic acid groups (broad SMARTS) is 1. The molecule has 18 heavy (non-hydrogen) atoms. The normalized spacial score (nSPS) is 23.9. The highest BCUT2D eigenvalue weighted by molar-refractivity contribution is 5.77. The lowest BCUT2D eigenvalue weighted by atomic mass is 9.92. The van der Waals surface area contributed by atoms with Gasteiger partial charge in [-0.15, -0.1) is 0 Å². The lowest BCUT2D eigenvalue weighted by Gasteiger charge is -2.39. The fourth-order valence-corrected chi connectivity index (χ4v) is 2.61. The van der Waals surface area contributed by atoms with Gasteiger partial charge < -0.3 is 20.6 Å². The number of likely N-dealkylation sites (tertiary alicyclic amines) is 1. The van der Waals surface area contributed by atoms with Gasteiger partial charge in [-0.1, -0.05) is 0 Å². The number of nitrogens with zero attached hydrogens (tertiary/aromatic N) is 2. The molecule has 0 aliphatic carbocycles. The molecular weight excluding hydrogens is 230 g/mol. The van der Waals surface area contributed by atoms with Gasteiger partial charge in [-0.25, -0.2) is 0 Å². The molecule has 0 aromatic heterocycles. The van der Waals surface area contributed by atoms with Crippen molar-refractivity contribution in [1.29, 1.82) is 0 Å². The summed E-state index contributed by atoms with van der Waals surface area (Å²) in [6.07, 6.45) is 2.77. The first kappa shape index (κ1) is 15.4. The second-order valence-electron chi connectivity index (χ2n) is 5.98. The highest BCUT2D eigenvalue weighted by atomic mass is 16.4. The van der Waals surface area contributed by atoms with Crippen LogP contribution in [-0.4, -0.2) is 65.7 Å². The van der Waals surface area contributed by atoms with Gasteiger partial charge in [0, 0.05) is 12.1 Å². The predicted octanol–water partition coefficient (Wildman–Crippen LogP) is 0.593. The Kier molecular flexibility index (Phi) is 5.13. The Labute approximate surface area is 110 Å². The van der Waals surface area contributed by atoms with Gasteiger partial charge in [0.15, 0.2) is 0 Å². The minimum absolute atomic E-state index is 0.185. The van der Waals surface area contributed by atoms with Crippen LogP contribution in [0.2, 0.25) is 0 Å². The van der Waals surface area contributed by atoms with Crippen LogP contribution < -0.4 is 5.73 Å². The quantitative estimate of drug-likeness (QED) is 0.754. The van der Waals surface area contributed by atoms with Crippen molar-refractivity contribution in [3.8, 4) is 0 Å². The molecule has 5 heteroatoms. The standard InChI is InChI=1S/C13H27N3O2/c1-10(9-13(2,14)12(17)18)16(4)11-5-7-15(3)8-6-11/h10-11H,5-9,14H2,1-4H3,(H,17,18). The highest BCUT2D eigenvalue weighted by Gasteiger charge is 2.33. The summed E-state index contributed by atoms with van der Waals surface area (Å²) in [6, 6.07) is 0.727. The molecule has 106 valence electrons. The molecule has 1 heterocycles. The second-order valence-corrected chi connectivity index (χ2v) is 5.98. The van der Waals surface area contributed by atoms with Crippen molar-refractivity contribution < 1.29 is 9.90 Å². The van der Waals surface area contributed by atoms with E-state index in [4.69, 9.17) is 10.8 Å². The van der Waals surface area contributed by atoms with Gasteiger partial charge in [0.1, 0.15) is 5.54 Å². The van der Waals surface area contributed by atoms with Gasteiger partial charge >= 0.3 is 5.97 Å². The molecule has 1 saturated heterocycles. The molecule has 0 amide bonds. The molecule has 1 rings (SSSR count). The van der Waals surface area contributed by atoms with Gasteiger partial charge in [-0.05, 0) is 60.3 Å². The number of aliphatic carboxylic acids is 1. The van der Waals surface area contributed by atoms with Crippen molar-refractivity contribution in [3.63, 3.8) is 0 Å². The maximum Gasteiger partial charge on any atom is 0.323 e. The average molecular weight is 257 g/mol. The Morgan fingerprint density at radius 3 is 2.50 bits per heavy atom. The highest BCUT2D eigenvalue weighted by Crippen LogP contribution is 2.20. The van der Waals surface area contributed by atoms with Crippen LogP contribution in [0, 0.1) is 0 Å². The molecule has 1 aliphatic heterocycles. The summed E-state index contributed by atoms with van der Waals surface area (Å²) in [5, 5.41) is 9.07. The average Bonchev–Trinajstić information content (AvgIpc) is 2.28. The minimum atomic E-state index is -1.14. The summed E-state index contributed by atoms with van der Waals surface area (Å²) >= 11 is 0. The van der Waals surface area contributed by atoms with Gasteiger partial charge in [-0.3, -0.25) is 4.79 Å². The van der Waals surface area contributed by atoms with E-state index in [1.54, 1.807) is 6.92 Å². The Hall–Kier alpha value is -0.650. The number of hydrogen-bond acceptors (Lipinski definition) is 4. The van der Waals surface area contributed by atoms with Crippen LogP contribution in [0.4, 0.5) is 0 Å². The third kappa shape index (κ3) is 3.93. The molecule has 0 bridgehead atoms. The number of hydrogen-bond donors (Lipinski definition) is 2. The third-order valence-electron chi connectivity index (χ3n) is 4.17. The topological polar surface area (TPSA) is 69.8 Å². The number of rotatable bonds is 5. The summed E-state index contributed by atoms with van der Waals surface area (Å²) in [5.41, 5.74) is 4.68. The molecule has 0 saturated carbocycles. The molecule has 0 aromatic rings. The first-order valence-corrected chi connectivity index (χ1v) is 6.67. The lowest BCUT2D eigenvalue weighted by molar-refractivity contribution is -0.143. The molecule has 0 spiro atoms. The maximum absolute atomic E-state index is 11.0. The number of piperidine rings is 1. The SMILES string of the molecule is CC(CC(C)(N)C(=O)O)N(C)C1CCN(C)CC1. The summed E-state index contributed by atoms with van der Waals surface area (Å²) < 4.78 is 0. The number of carboxylic acids is 1. The second kappa shape index (κ2) is 5.99. The third-order valence-corrected chi connectivity index (χ3v) is 4.17. The van der Waals surface area contributed by atoms with Crippen molar-refractivity contribution in [2.75, 3.05) is 27.2 Å². The Morgan fingerprint density at radius 1 is 1.56 bits per heavy atom. The monoisotopic (exact) mass is 257 g/mol. The van der Waals surface area contributed by atoms with Crippen LogP contribution >= 0.6 is 0 Å². The van der Waals surface area contributed by atoms with E-state index in [0.29, 0.717) is 12.5 Å². The van der Waals surface area contributed by atoms with Crippen molar-refractivity contribution in [2.24, 2.45) is 5.73 Å². The minimum Gasteiger partial charge on any atom is -0.480 e. The van der Waals surface area contributed by atoms with E-state index in [-0.39, 0.29) is 6.04 Å². The van der Waals surface area contributed by atoms with E-state index in [1.807, 2.05) is 0 Å². The van der Waals surface area contributed by atoms with Crippen molar-refractivity contribution in [3.05, 3.63) is 0 Å². The van der Waals surface area contributed by atoms with Crippen molar-refractivity contribution in [2.45, 2.75) is 50.7 Å². The molecule has 2 atom stereocenters. The summed E-state index contributed by atoms with van der Waals surface area (Å²) in [5.74, 6) is -0.925. The number of nitrogens with two attached hydrogens (primary N) is 1. The zero-order valence-corrected chi connectivity index (χ0v) is 12.0. The molecule has 0 radical (unpaired) electrons. The lowest BCUT2D eigenvalue weighted by Crippen LogP contribution is -2.52. The van der Waals surface area contributed by atoms with E-state index in [2.05, 4.69) is 30.8 Å². The van der Waals surface area contributed by atoms with E-state index in [1.165, 1.54) is 0 Å². The van der Waals surface area contributed by atoms with Crippen molar-refractivity contribution >= 4 is 5.97 Å². The van der Waals surface area contributed by atoms with Crippen LogP contribution in [0.5, 0.6) is 0 Å². The zero-order chi connectivity index (χ0) is 13.9. The molecule has 1 fully saturated rings. The van der Waals surface area contributed by atoms with E-state index < -0.39 is 11.5 Å². The van der Waals surface area contributed by atoms with E-state index in [9.17, 15) is 4.79 Å². The van der Waals surface area contributed by atoms with Gasteiger partial charge in [0.05, 0.1) is 0 Å². The van der Waals surface area contributed by atoms with E-state index in [0.717, 1.165) is 25.9 Å². The van der Waals surface area contributed by atoms with Crippen LogP contribution in [0.1, 0.15) is 33.1 Å². The van der Waals surface area contributed by atoms with Crippen LogP contribution in [0.25, 0.3) is 0 Å². The predicted molar refractivity (Wildman–Crippen MR) is 72.6 cm³/mol. The zero-order valence-electron chi connectivity index (χ0n) is 12.0. The van der Waals surface area contributed by atoms with Crippen LogP contribution in [-0.2, 0) is 4.79 Å². The van der Waals surface area contributed by atoms with E-state index >= 15 is 0 Å². The summed E-state index contributed by atoms with van der Waals surface area (Å²) in [7, 11) is 4.22. The van der Waals surface area contributed by atoms with Gasteiger partial charge in [0.2, 0.25) is 0 Å². The maximum atomic E-state index is 11.0. The fraction of sp³-hybridized carbons (Fsp3) is 0.923.